The van der Waals surface area contributed by atoms with Crippen LogP contribution in [-0.4, -0.2) is 78.3 Å². The second-order valence-corrected chi connectivity index (χ2v) is 10.2. The molecular weight excluding hydrogens is 422 g/mol. The molecule has 1 N–H and O–H groups in total. The maximum atomic E-state index is 6.18. The van der Waals surface area contributed by atoms with E-state index in [1.807, 2.05) is 0 Å². The number of hydrogen-bond acceptors (Lipinski definition) is 5. The molecule has 2 aromatic rings. The Morgan fingerprint density at radius 3 is 2.62 bits per heavy atom. The van der Waals surface area contributed by atoms with E-state index in [2.05, 4.69) is 51.7 Å². The molecule has 4 rings (SSSR count). The van der Waals surface area contributed by atoms with Crippen molar-refractivity contribution in [2.45, 2.75) is 77.7 Å². The molecule has 2 aliphatic rings. The summed E-state index contributed by atoms with van der Waals surface area (Å²) in [5.41, 5.74) is 2.37. The number of aryl methyl sites for hydroxylation is 1. The summed E-state index contributed by atoms with van der Waals surface area (Å²) in [6.07, 6.45) is 10.1. The summed E-state index contributed by atoms with van der Waals surface area (Å²) in [6.45, 7) is 15.7. The van der Waals surface area contributed by atoms with Gasteiger partial charge in [-0.1, -0.05) is 20.3 Å². The minimum atomic E-state index is 0.518. The lowest BCUT2D eigenvalue weighted by molar-refractivity contribution is 0.249. The molecule has 34 heavy (non-hydrogen) atoms. The first-order valence-corrected chi connectivity index (χ1v) is 14.1. The highest BCUT2D eigenvalue weighted by molar-refractivity contribution is 5.78. The van der Waals surface area contributed by atoms with Crippen LogP contribution in [0, 0.1) is 0 Å². The molecule has 0 bridgehead atoms. The number of aromatic nitrogens is 2. The Hall–Kier alpha value is -1.63. The van der Waals surface area contributed by atoms with Crippen molar-refractivity contribution in [1.82, 2.24) is 24.7 Å². The van der Waals surface area contributed by atoms with Crippen LogP contribution in [0.25, 0.3) is 11.0 Å². The van der Waals surface area contributed by atoms with E-state index in [0.717, 1.165) is 63.6 Å². The van der Waals surface area contributed by atoms with Gasteiger partial charge in [-0.05, 0) is 96.3 Å². The van der Waals surface area contributed by atoms with Crippen molar-refractivity contribution in [3.8, 4) is 5.75 Å². The molecule has 0 saturated carbocycles. The number of piperidine rings is 1. The molecule has 1 aromatic heterocycles. The van der Waals surface area contributed by atoms with Gasteiger partial charge in [-0.3, -0.25) is 0 Å². The van der Waals surface area contributed by atoms with Crippen LogP contribution < -0.4 is 10.1 Å². The van der Waals surface area contributed by atoms with Gasteiger partial charge in [0.15, 0.2) is 0 Å². The van der Waals surface area contributed by atoms with Crippen molar-refractivity contribution < 1.29 is 4.74 Å². The van der Waals surface area contributed by atoms with Gasteiger partial charge in [0.1, 0.15) is 11.6 Å². The predicted octanol–water partition coefficient (Wildman–Crippen LogP) is 4.88. The zero-order valence-electron chi connectivity index (χ0n) is 21.7. The van der Waals surface area contributed by atoms with Gasteiger partial charge in [0.05, 0.1) is 17.6 Å². The van der Waals surface area contributed by atoms with Crippen molar-refractivity contribution in [1.29, 1.82) is 0 Å². The number of nitrogens with zero attached hydrogens (tertiary/aromatic N) is 4. The Morgan fingerprint density at radius 2 is 1.85 bits per heavy atom. The second kappa shape index (κ2) is 13.5. The van der Waals surface area contributed by atoms with Crippen LogP contribution in [0.2, 0.25) is 0 Å². The van der Waals surface area contributed by atoms with Gasteiger partial charge in [-0.2, -0.15) is 0 Å². The third-order valence-corrected chi connectivity index (χ3v) is 7.75. The van der Waals surface area contributed by atoms with E-state index in [1.54, 1.807) is 0 Å². The quantitative estimate of drug-likeness (QED) is 0.400. The number of likely N-dealkylation sites (tertiary alicyclic amines) is 1. The molecule has 1 atom stereocenters. The lowest BCUT2D eigenvalue weighted by atomic mass is 9.99. The minimum absolute atomic E-state index is 0.518. The lowest BCUT2D eigenvalue weighted by Crippen LogP contribution is -2.30. The molecular formula is C28H47N5O. The fourth-order valence-electron chi connectivity index (χ4n) is 5.64. The Labute approximate surface area is 207 Å². The fraction of sp³-hybridized carbons (Fsp3) is 0.750. The summed E-state index contributed by atoms with van der Waals surface area (Å²) >= 11 is 0. The lowest BCUT2D eigenvalue weighted by Gasteiger charge is -2.23. The summed E-state index contributed by atoms with van der Waals surface area (Å²) in [5, 5.41) is 3.59. The molecule has 3 heterocycles. The molecule has 0 amide bonds. The second-order valence-electron chi connectivity index (χ2n) is 10.2. The summed E-state index contributed by atoms with van der Waals surface area (Å²) in [6, 6.07) is 6.51. The number of rotatable bonds is 14. The van der Waals surface area contributed by atoms with Gasteiger partial charge >= 0.3 is 0 Å². The molecule has 2 saturated heterocycles. The van der Waals surface area contributed by atoms with Gasteiger partial charge in [-0.15, -0.1) is 0 Å². The molecule has 190 valence electrons. The summed E-state index contributed by atoms with van der Waals surface area (Å²) < 4.78 is 8.70. The number of nitrogens with one attached hydrogen (secondary N) is 1. The SMILES string of the molecule is CCN(CC)CCCOc1ccc2nc(C3CCCNC3)n(CCCCCN3CCCC3)c2c1. The zero-order valence-corrected chi connectivity index (χ0v) is 21.7. The average Bonchev–Trinajstić information content (AvgIpc) is 3.52. The monoisotopic (exact) mass is 469 g/mol. The first-order valence-electron chi connectivity index (χ1n) is 14.1. The van der Waals surface area contributed by atoms with Gasteiger partial charge in [0.2, 0.25) is 0 Å². The topological polar surface area (TPSA) is 45.6 Å². The molecule has 1 aromatic carbocycles. The van der Waals surface area contributed by atoms with Crippen LogP contribution in [0.5, 0.6) is 5.75 Å². The van der Waals surface area contributed by atoms with Crippen LogP contribution >= 0.6 is 0 Å². The Balaban J connectivity index is 1.39. The highest BCUT2D eigenvalue weighted by Gasteiger charge is 2.22. The van der Waals surface area contributed by atoms with E-state index in [0.29, 0.717) is 5.92 Å². The predicted molar refractivity (Wildman–Crippen MR) is 142 cm³/mol. The van der Waals surface area contributed by atoms with Gasteiger partial charge in [-0.25, -0.2) is 4.98 Å². The van der Waals surface area contributed by atoms with E-state index in [4.69, 9.17) is 9.72 Å². The maximum Gasteiger partial charge on any atom is 0.121 e. The fourth-order valence-corrected chi connectivity index (χ4v) is 5.64. The third kappa shape index (κ3) is 6.96. The Morgan fingerprint density at radius 1 is 1.03 bits per heavy atom. The first kappa shape index (κ1) is 25.5. The van der Waals surface area contributed by atoms with Crippen LogP contribution in [-0.2, 0) is 6.54 Å². The van der Waals surface area contributed by atoms with Crippen LogP contribution in [0.1, 0.15) is 77.0 Å². The van der Waals surface area contributed by atoms with Crippen LogP contribution in [0.3, 0.4) is 0 Å². The van der Waals surface area contributed by atoms with Gasteiger partial charge < -0.3 is 24.4 Å². The molecule has 1 unspecified atom stereocenters. The maximum absolute atomic E-state index is 6.18. The highest BCUT2D eigenvalue weighted by Crippen LogP contribution is 2.29. The van der Waals surface area contributed by atoms with Crippen molar-refractivity contribution >= 4 is 11.0 Å². The smallest absolute Gasteiger partial charge is 0.121 e. The Kier molecular flexibility index (Phi) is 10.1. The van der Waals surface area contributed by atoms with Crippen molar-refractivity contribution in [2.24, 2.45) is 0 Å². The molecule has 2 fully saturated rings. The number of imidazole rings is 1. The summed E-state index contributed by atoms with van der Waals surface area (Å²) in [7, 11) is 0. The number of hydrogen-bond donors (Lipinski definition) is 1. The molecule has 6 nitrogen and oxygen atoms in total. The molecule has 2 aliphatic heterocycles. The number of unbranched alkanes of at least 4 members (excludes halogenated alkanes) is 2. The van der Waals surface area contributed by atoms with Crippen molar-refractivity contribution in [3.05, 3.63) is 24.0 Å². The molecule has 0 spiro atoms. The molecule has 0 aliphatic carbocycles. The number of benzene rings is 1. The summed E-state index contributed by atoms with van der Waals surface area (Å²) in [4.78, 5) is 10.2. The number of fused-ring (bicyclic) bond motifs is 1. The average molecular weight is 470 g/mol. The third-order valence-electron chi connectivity index (χ3n) is 7.75. The normalized spacial score (nSPS) is 19.4. The van der Waals surface area contributed by atoms with Crippen LogP contribution in [0.15, 0.2) is 18.2 Å². The largest absolute Gasteiger partial charge is 0.493 e. The standard InChI is InChI=1S/C28H47N5O/c1-3-31(4-2)19-11-21-34-25-13-14-26-27(22-25)33(28(30-26)24-12-10-15-29-23-24)20-7-5-6-16-32-17-8-9-18-32/h13-14,22,24,29H,3-12,15-21,23H2,1-2H3. The van der Waals surface area contributed by atoms with E-state index < -0.39 is 0 Å². The minimum Gasteiger partial charge on any atom is -0.493 e. The molecule has 6 heteroatoms. The van der Waals surface area contributed by atoms with Gasteiger partial charge in [0.25, 0.3) is 0 Å². The zero-order chi connectivity index (χ0) is 23.6. The van der Waals surface area contributed by atoms with E-state index in [9.17, 15) is 0 Å². The van der Waals surface area contributed by atoms with Crippen molar-refractivity contribution in [3.63, 3.8) is 0 Å². The first-order chi connectivity index (χ1) is 16.8. The van der Waals surface area contributed by atoms with Crippen molar-refractivity contribution in [2.75, 3.05) is 59.0 Å². The van der Waals surface area contributed by atoms with E-state index >= 15 is 0 Å². The van der Waals surface area contributed by atoms with Crippen LogP contribution in [0.4, 0.5) is 0 Å². The van der Waals surface area contributed by atoms with E-state index in [-0.39, 0.29) is 0 Å². The van der Waals surface area contributed by atoms with Gasteiger partial charge in [0, 0.05) is 31.6 Å². The highest BCUT2D eigenvalue weighted by atomic mass is 16.5. The Bertz CT molecular complexity index is 850. The molecule has 0 radical (unpaired) electrons. The number of ether oxygens (including phenoxy) is 1. The van der Waals surface area contributed by atoms with E-state index in [1.165, 1.54) is 75.9 Å². The summed E-state index contributed by atoms with van der Waals surface area (Å²) in [5.74, 6) is 2.78.